The minimum atomic E-state index is -4.62. The molecule has 3 atom stereocenters. The Bertz CT molecular complexity index is 1680. The van der Waals surface area contributed by atoms with Gasteiger partial charge in [-0.3, -0.25) is 10.1 Å². The van der Waals surface area contributed by atoms with Crippen molar-refractivity contribution in [1.82, 2.24) is 10.2 Å². The average Bonchev–Trinajstić information content (AvgIpc) is 2.96. The standard InChI is InChI=1S/C31H28Cl4F2N2O4S/c1-19(38-28-18-22(36)12-13-31(28,37)44(41,42)23-10-8-20(32)9-11-23)24-6-3-4-7-27(24)43-15-5-14-39(2)30(40)29-25(34)16-21(33)17-26(29)35/h3-4,6-13,16-19,28,38H,5,14-15H2,1-2H3. The van der Waals surface area contributed by atoms with Crippen molar-refractivity contribution < 1.29 is 26.7 Å². The molecule has 13 heteroatoms. The van der Waals surface area contributed by atoms with Crippen LogP contribution in [0.2, 0.25) is 20.1 Å². The van der Waals surface area contributed by atoms with Crippen molar-refractivity contribution in [2.24, 2.45) is 0 Å². The number of hydrogen-bond donors (Lipinski definition) is 1. The van der Waals surface area contributed by atoms with Gasteiger partial charge in [0.25, 0.3) is 10.9 Å². The zero-order chi connectivity index (χ0) is 32.2. The minimum Gasteiger partial charge on any atom is -0.493 e. The fourth-order valence-electron chi connectivity index (χ4n) is 4.69. The van der Waals surface area contributed by atoms with E-state index in [1.54, 1.807) is 38.2 Å². The Morgan fingerprint density at radius 2 is 1.68 bits per heavy atom. The molecule has 1 aliphatic rings. The molecule has 0 spiro atoms. The quantitative estimate of drug-likeness (QED) is 0.203. The Labute approximate surface area is 275 Å². The molecule has 0 fully saturated rings. The smallest absolute Gasteiger partial charge is 0.256 e. The topological polar surface area (TPSA) is 75.7 Å². The maximum atomic E-state index is 16.5. The number of nitrogens with zero attached hydrogens (tertiary/aromatic N) is 1. The molecule has 234 valence electrons. The number of benzene rings is 3. The Balaban J connectivity index is 1.44. The number of rotatable bonds is 11. The number of carbonyl (C=O) groups is 1. The molecule has 3 unspecified atom stereocenters. The van der Waals surface area contributed by atoms with Crippen molar-refractivity contribution in [3.8, 4) is 5.75 Å². The molecule has 0 aromatic heterocycles. The maximum absolute atomic E-state index is 16.5. The first-order chi connectivity index (χ1) is 20.7. The third kappa shape index (κ3) is 7.41. The summed E-state index contributed by atoms with van der Waals surface area (Å²) in [5, 5.41) is 0.828. The van der Waals surface area contributed by atoms with Gasteiger partial charge in [-0.15, -0.1) is 0 Å². The maximum Gasteiger partial charge on any atom is 0.256 e. The van der Waals surface area contributed by atoms with Gasteiger partial charge in [0.05, 0.1) is 33.2 Å². The van der Waals surface area contributed by atoms with Crippen LogP contribution in [-0.2, 0) is 9.84 Å². The van der Waals surface area contributed by atoms with E-state index in [1.165, 1.54) is 41.3 Å². The van der Waals surface area contributed by atoms with Crippen LogP contribution in [0, 0.1) is 0 Å². The molecule has 4 rings (SSSR count). The predicted molar refractivity (Wildman–Crippen MR) is 171 cm³/mol. The van der Waals surface area contributed by atoms with Crippen molar-refractivity contribution in [3.05, 3.63) is 116 Å². The summed E-state index contributed by atoms with van der Waals surface area (Å²) >= 11 is 24.2. The number of allylic oxidation sites excluding steroid dienone is 2. The second kappa shape index (κ2) is 14.2. The molecule has 1 amide bonds. The van der Waals surface area contributed by atoms with Gasteiger partial charge in [-0.2, -0.15) is 0 Å². The molecule has 0 saturated heterocycles. The lowest BCUT2D eigenvalue weighted by molar-refractivity contribution is 0.0788. The minimum absolute atomic E-state index is 0.146. The third-order valence-corrected chi connectivity index (χ3v) is 10.2. The SMILES string of the molecule is CC(NC1C=C(F)C=CC1(F)S(=O)(=O)c1ccc(Cl)cc1)c1ccccc1OCCCN(C)C(=O)c1c(Cl)cc(Cl)cc1Cl. The van der Waals surface area contributed by atoms with E-state index in [0.29, 0.717) is 35.4 Å². The van der Waals surface area contributed by atoms with E-state index in [4.69, 9.17) is 51.1 Å². The van der Waals surface area contributed by atoms with Gasteiger partial charge in [0, 0.05) is 35.2 Å². The molecule has 0 aliphatic heterocycles. The fourth-order valence-corrected chi connectivity index (χ4v) is 7.37. The highest BCUT2D eigenvalue weighted by molar-refractivity contribution is 7.93. The van der Waals surface area contributed by atoms with Crippen molar-refractivity contribution in [1.29, 1.82) is 0 Å². The summed E-state index contributed by atoms with van der Waals surface area (Å²) in [6.07, 6.45) is 2.85. The van der Waals surface area contributed by atoms with Crippen LogP contribution in [0.3, 0.4) is 0 Å². The lowest BCUT2D eigenvalue weighted by Gasteiger charge is -2.34. The second-order valence-corrected chi connectivity index (χ2v) is 13.9. The second-order valence-electron chi connectivity index (χ2n) is 10.1. The third-order valence-electron chi connectivity index (χ3n) is 7.03. The van der Waals surface area contributed by atoms with Gasteiger partial charge in [-0.05, 0) is 74.0 Å². The molecule has 0 bridgehead atoms. The van der Waals surface area contributed by atoms with Gasteiger partial charge < -0.3 is 9.64 Å². The Morgan fingerprint density at radius 3 is 2.34 bits per heavy atom. The largest absolute Gasteiger partial charge is 0.493 e. The highest BCUT2D eigenvalue weighted by atomic mass is 35.5. The zero-order valence-corrected chi connectivity index (χ0v) is 27.4. The highest BCUT2D eigenvalue weighted by Gasteiger charge is 2.51. The van der Waals surface area contributed by atoms with Crippen LogP contribution in [0.1, 0.15) is 35.3 Å². The number of halogens is 6. The summed E-state index contributed by atoms with van der Waals surface area (Å²) in [6.45, 7) is 2.21. The van der Waals surface area contributed by atoms with E-state index in [-0.39, 0.29) is 38.0 Å². The van der Waals surface area contributed by atoms with Crippen LogP contribution < -0.4 is 10.1 Å². The molecule has 0 heterocycles. The fraction of sp³-hybridized carbons (Fsp3) is 0.258. The van der Waals surface area contributed by atoms with E-state index in [2.05, 4.69) is 5.32 Å². The Kier molecular flexibility index (Phi) is 11.0. The van der Waals surface area contributed by atoms with Gasteiger partial charge in [0.2, 0.25) is 9.84 Å². The molecular formula is C31H28Cl4F2N2O4S. The number of ether oxygens (including phenoxy) is 1. The number of carbonyl (C=O) groups excluding carboxylic acids is 1. The number of para-hydroxylation sites is 1. The summed E-state index contributed by atoms with van der Waals surface area (Å²) in [7, 11) is -3.01. The number of sulfone groups is 1. The normalized spacial score (nSPS) is 18.9. The van der Waals surface area contributed by atoms with Crippen molar-refractivity contribution >= 4 is 62.1 Å². The lowest BCUT2D eigenvalue weighted by atomic mass is 10.0. The van der Waals surface area contributed by atoms with E-state index >= 15 is 4.39 Å². The predicted octanol–water partition coefficient (Wildman–Crippen LogP) is 8.42. The highest BCUT2D eigenvalue weighted by Crippen LogP contribution is 2.38. The number of alkyl halides is 1. The lowest BCUT2D eigenvalue weighted by Crippen LogP contribution is -2.52. The van der Waals surface area contributed by atoms with Crippen molar-refractivity contribution in [3.63, 3.8) is 0 Å². The summed E-state index contributed by atoms with van der Waals surface area (Å²) < 4.78 is 63.6. The molecule has 3 aromatic rings. The van der Waals surface area contributed by atoms with Gasteiger partial charge >= 0.3 is 0 Å². The van der Waals surface area contributed by atoms with Crippen molar-refractivity contribution in [2.45, 2.75) is 35.3 Å². The molecule has 0 radical (unpaired) electrons. The van der Waals surface area contributed by atoms with E-state index in [9.17, 15) is 17.6 Å². The summed E-state index contributed by atoms with van der Waals surface area (Å²) in [4.78, 5) is 14.1. The molecule has 6 nitrogen and oxygen atoms in total. The van der Waals surface area contributed by atoms with Gasteiger partial charge in [-0.1, -0.05) is 64.6 Å². The summed E-state index contributed by atoms with van der Waals surface area (Å²) in [5.41, 5.74) is 0.739. The molecular weight excluding hydrogens is 676 g/mol. The van der Waals surface area contributed by atoms with Crippen LogP contribution in [-0.4, -0.2) is 50.5 Å². The first kappa shape index (κ1) is 34.2. The molecule has 1 N–H and O–H groups in total. The Morgan fingerprint density at radius 1 is 1.05 bits per heavy atom. The summed E-state index contributed by atoms with van der Waals surface area (Å²) in [5.74, 6) is -0.704. The molecule has 3 aromatic carbocycles. The van der Waals surface area contributed by atoms with Crippen LogP contribution >= 0.6 is 46.4 Å². The first-order valence-corrected chi connectivity index (χ1v) is 16.4. The van der Waals surface area contributed by atoms with Gasteiger partial charge in [0.15, 0.2) is 0 Å². The monoisotopic (exact) mass is 702 g/mol. The number of hydrogen-bond acceptors (Lipinski definition) is 5. The summed E-state index contributed by atoms with van der Waals surface area (Å²) in [6, 6.07) is 12.7. The van der Waals surface area contributed by atoms with E-state index in [0.717, 1.165) is 12.2 Å². The van der Waals surface area contributed by atoms with E-state index < -0.39 is 32.7 Å². The van der Waals surface area contributed by atoms with Gasteiger partial charge in [-0.25, -0.2) is 17.2 Å². The molecule has 44 heavy (non-hydrogen) atoms. The zero-order valence-electron chi connectivity index (χ0n) is 23.5. The van der Waals surface area contributed by atoms with Crippen LogP contribution in [0.25, 0.3) is 0 Å². The van der Waals surface area contributed by atoms with E-state index in [1.807, 2.05) is 0 Å². The first-order valence-electron chi connectivity index (χ1n) is 13.4. The van der Waals surface area contributed by atoms with Crippen molar-refractivity contribution in [2.75, 3.05) is 20.2 Å². The van der Waals surface area contributed by atoms with Crippen LogP contribution in [0.5, 0.6) is 5.75 Å². The number of amides is 1. The van der Waals surface area contributed by atoms with Crippen LogP contribution in [0.4, 0.5) is 8.78 Å². The molecule has 1 aliphatic carbocycles. The Hall–Kier alpha value is -2.66. The number of nitrogens with one attached hydrogen (secondary N) is 1. The van der Waals surface area contributed by atoms with Crippen LogP contribution in [0.15, 0.2) is 89.6 Å². The molecule has 0 saturated carbocycles. The van der Waals surface area contributed by atoms with Gasteiger partial charge in [0.1, 0.15) is 11.6 Å². The average molecular weight is 704 g/mol.